The minimum atomic E-state index is -0.413. The lowest BCUT2D eigenvalue weighted by Gasteiger charge is -2.13. The number of hydrogen-bond donors (Lipinski definition) is 1. The topological polar surface area (TPSA) is 72.2 Å². The molecule has 0 aliphatic heterocycles. The van der Waals surface area contributed by atoms with Gasteiger partial charge in [-0.15, -0.1) is 0 Å². The summed E-state index contributed by atoms with van der Waals surface area (Å²) in [6, 6.07) is 3.20. The van der Waals surface area contributed by atoms with E-state index in [2.05, 4.69) is 5.32 Å². The van der Waals surface area contributed by atoms with Crippen LogP contribution in [0.25, 0.3) is 0 Å². The van der Waals surface area contributed by atoms with Crippen LogP contribution in [0.5, 0.6) is 0 Å². The van der Waals surface area contributed by atoms with Crippen LogP contribution in [0, 0.1) is 10.1 Å². The van der Waals surface area contributed by atoms with E-state index in [1.165, 1.54) is 13.0 Å². The molecule has 17 heavy (non-hydrogen) atoms. The number of nitro groups is 1. The van der Waals surface area contributed by atoms with E-state index in [4.69, 9.17) is 0 Å². The fourth-order valence-corrected chi connectivity index (χ4v) is 1.84. The molecule has 0 atom stereocenters. The van der Waals surface area contributed by atoms with Crippen LogP contribution in [0.15, 0.2) is 12.1 Å². The SMILES string of the molecule is CCc1ccc([N+](=O)[O-])c(CC)c1NC(C)=O. The number of rotatable bonds is 4. The van der Waals surface area contributed by atoms with Crippen LogP contribution in [0.4, 0.5) is 11.4 Å². The molecule has 0 fully saturated rings. The van der Waals surface area contributed by atoms with Gasteiger partial charge in [-0.05, 0) is 18.4 Å². The highest BCUT2D eigenvalue weighted by molar-refractivity contribution is 5.91. The van der Waals surface area contributed by atoms with Crippen molar-refractivity contribution in [1.29, 1.82) is 0 Å². The molecule has 1 amide bonds. The van der Waals surface area contributed by atoms with Crippen molar-refractivity contribution in [2.24, 2.45) is 0 Å². The Bertz CT molecular complexity index is 455. The molecule has 0 aliphatic rings. The summed E-state index contributed by atoms with van der Waals surface area (Å²) in [6.45, 7) is 5.19. The molecule has 0 spiro atoms. The molecular weight excluding hydrogens is 220 g/mol. The third-order valence-corrected chi connectivity index (χ3v) is 2.61. The number of hydrogen-bond acceptors (Lipinski definition) is 3. The first-order valence-electron chi connectivity index (χ1n) is 5.57. The monoisotopic (exact) mass is 236 g/mol. The van der Waals surface area contributed by atoms with Gasteiger partial charge in [-0.3, -0.25) is 14.9 Å². The van der Waals surface area contributed by atoms with Gasteiger partial charge in [0.25, 0.3) is 5.69 Å². The zero-order chi connectivity index (χ0) is 13.0. The third kappa shape index (κ3) is 2.81. The number of amides is 1. The van der Waals surface area contributed by atoms with Gasteiger partial charge >= 0.3 is 0 Å². The van der Waals surface area contributed by atoms with Crippen LogP contribution >= 0.6 is 0 Å². The molecule has 0 bridgehead atoms. The van der Waals surface area contributed by atoms with E-state index in [-0.39, 0.29) is 11.6 Å². The van der Waals surface area contributed by atoms with E-state index in [1.807, 2.05) is 13.8 Å². The number of nitro benzene ring substituents is 1. The molecule has 0 aliphatic carbocycles. The second kappa shape index (κ2) is 5.43. The summed E-state index contributed by atoms with van der Waals surface area (Å²) in [4.78, 5) is 21.6. The third-order valence-electron chi connectivity index (χ3n) is 2.61. The predicted octanol–water partition coefficient (Wildman–Crippen LogP) is 2.68. The second-order valence-electron chi connectivity index (χ2n) is 3.74. The number of nitrogens with zero attached hydrogens (tertiary/aromatic N) is 1. The van der Waals surface area contributed by atoms with Gasteiger partial charge in [-0.2, -0.15) is 0 Å². The standard InChI is InChI=1S/C12H16N2O3/c1-4-9-6-7-11(14(16)17)10(5-2)12(9)13-8(3)15/h6-7H,4-5H2,1-3H3,(H,13,15). The second-order valence-corrected chi connectivity index (χ2v) is 3.74. The maximum absolute atomic E-state index is 11.1. The summed E-state index contributed by atoms with van der Waals surface area (Å²) in [6.07, 6.45) is 1.24. The number of anilines is 1. The Balaban J connectivity index is 3.42. The molecular formula is C12H16N2O3. The molecule has 1 aromatic rings. The molecule has 0 saturated carbocycles. The maximum atomic E-state index is 11.1. The highest BCUT2D eigenvalue weighted by Gasteiger charge is 2.19. The summed E-state index contributed by atoms with van der Waals surface area (Å²) in [5.41, 5.74) is 2.16. The fourth-order valence-electron chi connectivity index (χ4n) is 1.84. The van der Waals surface area contributed by atoms with Crippen molar-refractivity contribution in [3.8, 4) is 0 Å². The van der Waals surface area contributed by atoms with Gasteiger partial charge in [0.1, 0.15) is 0 Å². The van der Waals surface area contributed by atoms with Gasteiger partial charge in [0.05, 0.1) is 16.2 Å². The Labute approximate surface area is 100.0 Å². The first-order valence-corrected chi connectivity index (χ1v) is 5.57. The molecule has 0 heterocycles. The lowest BCUT2D eigenvalue weighted by atomic mass is 10.0. The van der Waals surface area contributed by atoms with Gasteiger partial charge < -0.3 is 5.32 Å². The maximum Gasteiger partial charge on any atom is 0.274 e. The number of aryl methyl sites for hydroxylation is 1. The van der Waals surface area contributed by atoms with Gasteiger partial charge in [-0.25, -0.2) is 0 Å². The minimum absolute atomic E-state index is 0.0634. The van der Waals surface area contributed by atoms with Crippen LogP contribution in [-0.4, -0.2) is 10.8 Å². The Morgan fingerprint density at radius 3 is 2.41 bits per heavy atom. The van der Waals surface area contributed by atoms with E-state index >= 15 is 0 Å². The molecule has 92 valence electrons. The Kier molecular flexibility index (Phi) is 4.20. The first-order chi connectivity index (χ1) is 8.01. The highest BCUT2D eigenvalue weighted by atomic mass is 16.6. The molecule has 5 heteroatoms. The van der Waals surface area contributed by atoms with Gasteiger partial charge in [0, 0.05) is 13.0 Å². The van der Waals surface area contributed by atoms with Crippen LogP contribution in [0.3, 0.4) is 0 Å². The van der Waals surface area contributed by atoms with Crippen LogP contribution in [0.2, 0.25) is 0 Å². The Morgan fingerprint density at radius 2 is 2.00 bits per heavy atom. The molecule has 0 unspecified atom stereocenters. The molecule has 0 aromatic heterocycles. The van der Waals surface area contributed by atoms with Crippen molar-refractivity contribution in [3.05, 3.63) is 33.4 Å². The molecule has 0 radical (unpaired) electrons. The van der Waals surface area contributed by atoms with Gasteiger partial charge in [0.2, 0.25) is 5.91 Å². The molecule has 1 rings (SSSR count). The number of benzene rings is 1. The highest BCUT2D eigenvalue weighted by Crippen LogP contribution is 2.31. The van der Waals surface area contributed by atoms with Gasteiger partial charge in [0.15, 0.2) is 0 Å². The summed E-state index contributed by atoms with van der Waals surface area (Å²) in [7, 11) is 0. The van der Waals surface area contributed by atoms with E-state index < -0.39 is 4.92 Å². The van der Waals surface area contributed by atoms with Crippen molar-refractivity contribution in [2.75, 3.05) is 5.32 Å². The predicted molar refractivity (Wildman–Crippen MR) is 66.2 cm³/mol. The van der Waals surface area contributed by atoms with Crippen LogP contribution < -0.4 is 5.32 Å². The van der Waals surface area contributed by atoms with E-state index in [0.717, 1.165) is 12.0 Å². The molecule has 0 saturated heterocycles. The van der Waals surface area contributed by atoms with Gasteiger partial charge in [-0.1, -0.05) is 19.9 Å². The lowest BCUT2D eigenvalue weighted by Crippen LogP contribution is -2.11. The van der Waals surface area contributed by atoms with E-state index in [1.54, 1.807) is 6.07 Å². The van der Waals surface area contributed by atoms with E-state index in [0.29, 0.717) is 17.7 Å². The minimum Gasteiger partial charge on any atom is -0.326 e. The number of carbonyl (C=O) groups excluding carboxylic acids is 1. The van der Waals surface area contributed by atoms with Crippen molar-refractivity contribution in [2.45, 2.75) is 33.6 Å². The smallest absolute Gasteiger partial charge is 0.274 e. The molecule has 1 aromatic carbocycles. The van der Waals surface area contributed by atoms with E-state index in [9.17, 15) is 14.9 Å². The van der Waals surface area contributed by atoms with Crippen molar-refractivity contribution in [3.63, 3.8) is 0 Å². The zero-order valence-electron chi connectivity index (χ0n) is 10.2. The number of nitrogens with one attached hydrogen (secondary N) is 1. The molecule has 5 nitrogen and oxygen atoms in total. The first kappa shape index (κ1) is 13.2. The summed E-state index contributed by atoms with van der Waals surface area (Å²) in [5, 5.41) is 13.6. The van der Waals surface area contributed by atoms with Crippen molar-refractivity contribution in [1.82, 2.24) is 0 Å². The van der Waals surface area contributed by atoms with Crippen LogP contribution in [0.1, 0.15) is 31.9 Å². The quantitative estimate of drug-likeness (QED) is 0.645. The summed E-state index contributed by atoms with van der Waals surface area (Å²) in [5.74, 6) is -0.213. The average Bonchev–Trinajstić information content (AvgIpc) is 2.27. The van der Waals surface area contributed by atoms with Crippen molar-refractivity contribution < 1.29 is 9.72 Å². The largest absolute Gasteiger partial charge is 0.326 e. The lowest BCUT2D eigenvalue weighted by molar-refractivity contribution is -0.385. The van der Waals surface area contributed by atoms with Crippen molar-refractivity contribution >= 4 is 17.3 Å². The Morgan fingerprint density at radius 1 is 1.35 bits per heavy atom. The van der Waals surface area contributed by atoms with Crippen LogP contribution in [-0.2, 0) is 17.6 Å². The number of carbonyl (C=O) groups is 1. The Hall–Kier alpha value is -1.91. The fraction of sp³-hybridized carbons (Fsp3) is 0.417. The summed E-state index contributed by atoms with van der Waals surface area (Å²) >= 11 is 0. The average molecular weight is 236 g/mol. The summed E-state index contributed by atoms with van der Waals surface area (Å²) < 4.78 is 0. The molecule has 1 N–H and O–H groups in total. The zero-order valence-corrected chi connectivity index (χ0v) is 10.2. The normalized spacial score (nSPS) is 10.1.